The van der Waals surface area contributed by atoms with E-state index >= 15 is 0 Å². The number of benzene rings is 2. The summed E-state index contributed by atoms with van der Waals surface area (Å²) in [5.41, 5.74) is 5.52. The lowest BCUT2D eigenvalue weighted by Gasteiger charge is -2.36. The highest BCUT2D eigenvalue weighted by Gasteiger charge is 2.33. The average molecular weight is 666 g/mol. The van der Waals surface area contributed by atoms with E-state index in [1.54, 1.807) is 31.0 Å². The number of anilines is 1. The van der Waals surface area contributed by atoms with Crippen LogP contribution in [-0.2, 0) is 16.0 Å². The summed E-state index contributed by atoms with van der Waals surface area (Å²) in [4.78, 5) is 42.1. The van der Waals surface area contributed by atoms with Crippen LogP contribution < -0.4 is 15.0 Å². The molecular weight excluding hydrogens is 619 g/mol. The molecule has 3 aliphatic rings. The van der Waals surface area contributed by atoms with Crippen molar-refractivity contribution in [2.24, 2.45) is 11.8 Å². The molecule has 7 rings (SSSR count). The van der Waals surface area contributed by atoms with E-state index in [0.717, 1.165) is 80.6 Å². The van der Waals surface area contributed by atoms with Gasteiger partial charge in [-0.1, -0.05) is 24.3 Å². The lowest BCUT2D eigenvalue weighted by molar-refractivity contribution is -0.123. The van der Waals surface area contributed by atoms with Crippen molar-refractivity contribution in [1.82, 2.24) is 20.3 Å². The number of carbonyl (C=O) groups excluding carboxylic acids is 2. The first-order valence-corrected chi connectivity index (χ1v) is 18.5. The number of H-pyrrole nitrogens is 1. The predicted octanol–water partition coefficient (Wildman–Crippen LogP) is 7.95. The number of aryl methyl sites for hydroxylation is 1. The van der Waals surface area contributed by atoms with E-state index in [4.69, 9.17) is 9.72 Å². The van der Waals surface area contributed by atoms with Crippen molar-refractivity contribution in [3.05, 3.63) is 83.0 Å². The number of rotatable bonds is 11. The SMILES string of the molecule is COc1ccc(C2CCC(CN(C(=O)C3CCC(NC(=O)Cc4cnc[nH]4)CC3)c3cccc(-c4cnc(C5CC5)s4)c3)CC2)cc1C. The number of imidazole rings is 1. The topological polar surface area (TPSA) is 100 Å². The maximum Gasteiger partial charge on any atom is 0.230 e. The Morgan fingerprint density at radius 3 is 2.46 bits per heavy atom. The first-order chi connectivity index (χ1) is 23.4. The molecule has 9 heteroatoms. The summed E-state index contributed by atoms with van der Waals surface area (Å²) in [5, 5.41) is 4.42. The van der Waals surface area contributed by atoms with Crippen molar-refractivity contribution >= 4 is 28.8 Å². The van der Waals surface area contributed by atoms with E-state index < -0.39 is 0 Å². The average Bonchev–Trinajstić information content (AvgIpc) is 3.60. The van der Waals surface area contributed by atoms with Crippen LogP contribution in [0.2, 0.25) is 0 Å². The number of hydrogen-bond acceptors (Lipinski definition) is 6. The van der Waals surface area contributed by atoms with Crippen molar-refractivity contribution in [2.45, 2.75) is 95.4 Å². The Kier molecular flexibility index (Phi) is 9.93. The Morgan fingerprint density at radius 1 is 0.958 bits per heavy atom. The molecule has 0 radical (unpaired) electrons. The Hall–Kier alpha value is -3.98. The number of ether oxygens (including phenoxy) is 1. The Balaban J connectivity index is 1.04. The van der Waals surface area contributed by atoms with E-state index in [2.05, 4.69) is 69.6 Å². The highest BCUT2D eigenvalue weighted by Crippen LogP contribution is 2.44. The van der Waals surface area contributed by atoms with Crippen LogP contribution in [0.15, 0.2) is 61.2 Å². The van der Waals surface area contributed by atoms with Gasteiger partial charge in [0.2, 0.25) is 11.8 Å². The van der Waals surface area contributed by atoms with Crippen molar-refractivity contribution < 1.29 is 14.3 Å². The fraction of sp³-hybridized carbons (Fsp3) is 0.487. The van der Waals surface area contributed by atoms with Gasteiger partial charge in [-0.3, -0.25) is 9.59 Å². The zero-order valence-corrected chi connectivity index (χ0v) is 28.9. The molecule has 0 spiro atoms. The van der Waals surface area contributed by atoms with E-state index in [-0.39, 0.29) is 23.8 Å². The van der Waals surface area contributed by atoms with Gasteiger partial charge in [0, 0.05) is 48.2 Å². The fourth-order valence-electron chi connectivity index (χ4n) is 7.72. The lowest BCUT2D eigenvalue weighted by atomic mass is 9.78. The molecule has 2 N–H and O–H groups in total. The van der Waals surface area contributed by atoms with E-state index in [9.17, 15) is 9.59 Å². The van der Waals surface area contributed by atoms with Crippen LogP contribution in [0.4, 0.5) is 5.69 Å². The second-order valence-electron chi connectivity index (χ2n) is 14.2. The predicted molar refractivity (Wildman–Crippen MR) is 190 cm³/mol. The Bertz CT molecular complexity index is 1700. The monoisotopic (exact) mass is 665 g/mol. The van der Waals surface area contributed by atoms with Gasteiger partial charge in [0.15, 0.2) is 0 Å². The second kappa shape index (κ2) is 14.6. The molecule has 2 aromatic heterocycles. The summed E-state index contributed by atoms with van der Waals surface area (Å²) < 4.78 is 5.49. The van der Waals surface area contributed by atoms with Crippen LogP contribution in [0, 0.1) is 18.8 Å². The third kappa shape index (κ3) is 7.67. The van der Waals surface area contributed by atoms with Gasteiger partial charge in [-0.05, 0) is 118 Å². The molecule has 252 valence electrons. The largest absolute Gasteiger partial charge is 0.496 e. The van der Waals surface area contributed by atoms with Crippen LogP contribution in [0.1, 0.15) is 97.9 Å². The van der Waals surface area contributed by atoms with E-state index in [1.807, 2.05) is 6.20 Å². The molecule has 0 aliphatic heterocycles. The van der Waals surface area contributed by atoms with Crippen molar-refractivity contribution in [1.29, 1.82) is 0 Å². The van der Waals surface area contributed by atoms with Crippen LogP contribution in [0.25, 0.3) is 10.4 Å². The molecule has 0 atom stereocenters. The maximum absolute atomic E-state index is 14.5. The lowest BCUT2D eigenvalue weighted by Crippen LogP contribution is -2.44. The third-order valence-electron chi connectivity index (χ3n) is 10.7. The molecule has 4 aromatic rings. The normalized spacial score (nSPS) is 22.6. The molecule has 0 bridgehead atoms. The number of hydrogen-bond donors (Lipinski definition) is 2. The maximum atomic E-state index is 14.5. The molecular formula is C39H47N5O3S. The number of methoxy groups -OCH3 is 1. The number of nitrogens with zero attached hydrogens (tertiary/aromatic N) is 3. The molecule has 3 fully saturated rings. The van der Waals surface area contributed by atoms with Gasteiger partial charge in [0.25, 0.3) is 0 Å². The molecule has 3 aliphatic carbocycles. The second-order valence-corrected chi connectivity index (χ2v) is 15.2. The molecule has 2 aromatic carbocycles. The molecule has 2 heterocycles. The van der Waals surface area contributed by atoms with Crippen LogP contribution in [-0.4, -0.2) is 46.5 Å². The number of thiazole rings is 1. The van der Waals surface area contributed by atoms with E-state index in [0.29, 0.717) is 24.2 Å². The van der Waals surface area contributed by atoms with Crippen molar-refractivity contribution in [3.63, 3.8) is 0 Å². The van der Waals surface area contributed by atoms with Gasteiger partial charge >= 0.3 is 0 Å². The number of amides is 2. The zero-order valence-electron chi connectivity index (χ0n) is 28.1. The summed E-state index contributed by atoms with van der Waals surface area (Å²) in [7, 11) is 1.73. The van der Waals surface area contributed by atoms with Crippen molar-refractivity contribution in [2.75, 3.05) is 18.6 Å². The van der Waals surface area contributed by atoms with Gasteiger partial charge < -0.3 is 19.9 Å². The highest BCUT2D eigenvalue weighted by molar-refractivity contribution is 7.15. The fourth-order valence-corrected chi connectivity index (χ4v) is 8.80. The zero-order chi connectivity index (χ0) is 33.0. The minimum atomic E-state index is -0.0436. The van der Waals surface area contributed by atoms with Gasteiger partial charge in [-0.25, -0.2) is 9.97 Å². The Labute approximate surface area is 287 Å². The summed E-state index contributed by atoms with van der Waals surface area (Å²) >= 11 is 1.79. The molecule has 8 nitrogen and oxygen atoms in total. The van der Waals surface area contributed by atoms with Gasteiger partial charge in [-0.2, -0.15) is 0 Å². The van der Waals surface area contributed by atoms with Crippen LogP contribution in [0.3, 0.4) is 0 Å². The standard InChI is InChI=1S/C39H47N5O3S/c1-25-18-30(14-17-35(25)47-2)27-8-6-26(7-9-27)23-44(34-5-3-4-31(19-34)36-22-41-38(48-36)28-10-11-28)39(46)29-12-15-32(16-13-29)43-37(45)20-33-21-40-24-42-33/h3-5,14,17-19,21-22,24,26-29,32H,6-13,15-16,20,23H2,1-2H3,(H,40,42)(H,43,45). The van der Waals surface area contributed by atoms with Gasteiger partial charge in [0.05, 0.1) is 29.7 Å². The number of carbonyl (C=O) groups is 2. The molecule has 0 unspecified atom stereocenters. The van der Waals surface area contributed by atoms with Crippen molar-refractivity contribution in [3.8, 4) is 16.2 Å². The number of nitrogens with one attached hydrogen (secondary N) is 2. The smallest absolute Gasteiger partial charge is 0.230 e. The minimum Gasteiger partial charge on any atom is -0.496 e. The summed E-state index contributed by atoms with van der Waals surface area (Å²) in [6, 6.07) is 15.3. The van der Waals surface area contributed by atoms with E-state index in [1.165, 1.54) is 33.9 Å². The molecule has 3 saturated carbocycles. The third-order valence-corrected chi connectivity index (χ3v) is 11.9. The summed E-state index contributed by atoms with van der Waals surface area (Å²) in [6.45, 7) is 2.86. The first kappa shape index (κ1) is 32.6. The quantitative estimate of drug-likeness (QED) is 0.169. The number of aromatic nitrogens is 3. The minimum absolute atomic E-state index is 0.000723. The Morgan fingerprint density at radius 2 is 1.75 bits per heavy atom. The summed E-state index contributed by atoms with van der Waals surface area (Å²) in [6.07, 6.45) is 15.7. The van der Waals surface area contributed by atoms with Gasteiger partial charge in [-0.15, -0.1) is 11.3 Å². The molecule has 0 saturated heterocycles. The highest BCUT2D eigenvalue weighted by atomic mass is 32.1. The van der Waals surface area contributed by atoms with Crippen LogP contribution >= 0.6 is 11.3 Å². The summed E-state index contributed by atoms with van der Waals surface area (Å²) in [5.74, 6) is 2.76. The number of aromatic amines is 1. The first-order valence-electron chi connectivity index (χ1n) is 17.7. The molecule has 48 heavy (non-hydrogen) atoms. The van der Waals surface area contributed by atoms with Crippen LogP contribution in [0.5, 0.6) is 5.75 Å². The van der Waals surface area contributed by atoms with Gasteiger partial charge in [0.1, 0.15) is 5.75 Å². The molecule has 2 amide bonds.